The summed E-state index contributed by atoms with van der Waals surface area (Å²) in [6.45, 7) is 3.57. The van der Waals surface area contributed by atoms with Crippen molar-refractivity contribution in [3.8, 4) is 11.8 Å². The molecule has 0 bridgehead atoms. The summed E-state index contributed by atoms with van der Waals surface area (Å²) in [6, 6.07) is 2.10. The molecule has 110 valence electrons. The fourth-order valence-corrected chi connectivity index (χ4v) is 3.23. The number of rotatable bonds is 2. The minimum absolute atomic E-state index is 0.162. The minimum Gasteiger partial charge on any atom is -0.490 e. The standard InChI is InChI=1S/C16H19N3O2/c1-2-16(4-3-5-16)15(20)19-6-7-21-14-12(8-17)9-18-10-13(14)11-19/h9-10H,2-7,11H2,1H3. The van der Waals surface area contributed by atoms with E-state index in [1.54, 1.807) is 6.20 Å². The first-order valence-corrected chi connectivity index (χ1v) is 7.49. The maximum atomic E-state index is 12.8. The summed E-state index contributed by atoms with van der Waals surface area (Å²) in [6.07, 6.45) is 7.22. The van der Waals surface area contributed by atoms with Gasteiger partial charge in [0.1, 0.15) is 24.0 Å². The molecule has 0 saturated heterocycles. The fourth-order valence-electron chi connectivity index (χ4n) is 3.23. The largest absolute Gasteiger partial charge is 0.490 e. The summed E-state index contributed by atoms with van der Waals surface area (Å²) in [7, 11) is 0. The Morgan fingerprint density at radius 2 is 2.33 bits per heavy atom. The van der Waals surface area contributed by atoms with Crippen LogP contribution in [-0.4, -0.2) is 28.9 Å². The van der Waals surface area contributed by atoms with E-state index in [1.165, 1.54) is 6.20 Å². The molecule has 0 aromatic carbocycles. The highest BCUT2D eigenvalue weighted by Crippen LogP contribution is 2.45. The van der Waals surface area contributed by atoms with Crippen molar-refractivity contribution in [3.63, 3.8) is 0 Å². The highest BCUT2D eigenvalue weighted by Gasteiger charge is 2.44. The Hall–Kier alpha value is -2.09. The number of aromatic nitrogens is 1. The summed E-state index contributed by atoms with van der Waals surface area (Å²) in [4.78, 5) is 18.8. The lowest BCUT2D eigenvalue weighted by Gasteiger charge is -2.42. The summed E-state index contributed by atoms with van der Waals surface area (Å²) in [5.41, 5.74) is 1.10. The zero-order valence-corrected chi connectivity index (χ0v) is 12.3. The topological polar surface area (TPSA) is 66.2 Å². The smallest absolute Gasteiger partial charge is 0.229 e. The maximum Gasteiger partial charge on any atom is 0.229 e. The van der Waals surface area contributed by atoms with Crippen LogP contribution in [0.1, 0.15) is 43.7 Å². The number of nitriles is 1. The van der Waals surface area contributed by atoms with Crippen molar-refractivity contribution in [1.82, 2.24) is 9.88 Å². The number of carbonyl (C=O) groups is 1. The first-order valence-electron chi connectivity index (χ1n) is 7.49. The van der Waals surface area contributed by atoms with Gasteiger partial charge < -0.3 is 9.64 Å². The van der Waals surface area contributed by atoms with Crippen molar-refractivity contribution in [1.29, 1.82) is 5.26 Å². The molecule has 1 amide bonds. The van der Waals surface area contributed by atoms with Gasteiger partial charge in [0, 0.05) is 23.4 Å². The Balaban J connectivity index is 1.86. The summed E-state index contributed by atoms with van der Waals surface area (Å²) >= 11 is 0. The van der Waals surface area contributed by atoms with E-state index in [0.29, 0.717) is 31.0 Å². The molecule has 1 fully saturated rings. The molecule has 0 spiro atoms. The van der Waals surface area contributed by atoms with Gasteiger partial charge in [0.25, 0.3) is 0 Å². The first kappa shape index (κ1) is 13.9. The number of carbonyl (C=O) groups excluding carboxylic acids is 1. The molecule has 1 saturated carbocycles. The molecule has 21 heavy (non-hydrogen) atoms. The predicted molar refractivity (Wildman–Crippen MR) is 76.4 cm³/mol. The van der Waals surface area contributed by atoms with Gasteiger partial charge >= 0.3 is 0 Å². The van der Waals surface area contributed by atoms with Gasteiger partial charge in [-0.15, -0.1) is 0 Å². The lowest BCUT2D eigenvalue weighted by molar-refractivity contribution is -0.148. The average molecular weight is 285 g/mol. The van der Waals surface area contributed by atoms with E-state index in [9.17, 15) is 4.79 Å². The van der Waals surface area contributed by atoms with E-state index in [-0.39, 0.29) is 11.3 Å². The van der Waals surface area contributed by atoms with Gasteiger partial charge in [0.15, 0.2) is 0 Å². The van der Waals surface area contributed by atoms with Crippen LogP contribution in [0.4, 0.5) is 0 Å². The minimum atomic E-state index is -0.162. The van der Waals surface area contributed by atoms with Gasteiger partial charge in [-0.3, -0.25) is 9.78 Å². The normalized spacial score (nSPS) is 19.5. The highest BCUT2D eigenvalue weighted by molar-refractivity contribution is 5.83. The zero-order chi connectivity index (χ0) is 14.9. The number of pyridine rings is 1. The molecule has 1 aliphatic carbocycles. The number of hydrogen-bond acceptors (Lipinski definition) is 4. The van der Waals surface area contributed by atoms with E-state index in [0.717, 1.165) is 31.2 Å². The molecule has 0 unspecified atom stereocenters. The Morgan fingerprint density at radius 1 is 1.52 bits per heavy atom. The van der Waals surface area contributed by atoms with Crippen molar-refractivity contribution in [2.75, 3.05) is 13.2 Å². The molecule has 1 aromatic rings. The third-order valence-electron chi connectivity index (χ3n) is 4.79. The van der Waals surface area contributed by atoms with Crippen LogP contribution >= 0.6 is 0 Å². The van der Waals surface area contributed by atoms with E-state index < -0.39 is 0 Å². The van der Waals surface area contributed by atoms with Crippen molar-refractivity contribution >= 4 is 5.91 Å². The fraction of sp³-hybridized carbons (Fsp3) is 0.562. The third-order valence-corrected chi connectivity index (χ3v) is 4.79. The van der Waals surface area contributed by atoms with Gasteiger partial charge in [0.2, 0.25) is 5.91 Å². The molecular formula is C16H19N3O2. The van der Waals surface area contributed by atoms with Crippen LogP contribution in [0.15, 0.2) is 12.4 Å². The number of hydrogen-bond donors (Lipinski definition) is 0. The van der Waals surface area contributed by atoms with E-state index in [1.807, 2.05) is 4.90 Å². The van der Waals surface area contributed by atoms with E-state index in [4.69, 9.17) is 10.00 Å². The van der Waals surface area contributed by atoms with Crippen LogP contribution in [0.3, 0.4) is 0 Å². The summed E-state index contributed by atoms with van der Waals surface area (Å²) < 4.78 is 5.69. The quantitative estimate of drug-likeness (QED) is 0.836. The molecular weight excluding hydrogens is 266 g/mol. The van der Waals surface area contributed by atoms with Crippen molar-refractivity contribution in [2.24, 2.45) is 5.41 Å². The second kappa shape index (κ2) is 5.36. The summed E-state index contributed by atoms with van der Waals surface area (Å²) in [5.74, 6) is 0.817. The highest BCUT2D eigenvalue weighted by atomic mass is 16.5. The molecule has 0 N–H and O–H groups in total. The second-order valence-corrected chi connectivity index (χ2v) is 5.85. The third kappa shape index (κ3) is 2.25. The van der Waals surface area contributed by atoms with Crippen LogP contribution < -0.4 is 4.74 Å². The molecule has 0 atom stereocenters. The first-order chi connectivity index (χ1) is 10.2. The number of ether oxygens (including phenoxy) is 1. The Bertz CT molecular complexity index is 597. The number of fused-ring (bicyclic) bond motifs is 1. The molecule has 1 aliphatic heterocycles. The average Bonchev–Trinajstić information content (AvgIpc) is 2.68. The predicted octanol–water partition coefficient (Wildman–Crippen LogP) is 2.25. The van der Waals surface area contributed by atoms with Gasteiger partial charge in [-0.2, -0.15) is 5.26 Å². The van der Waals surface area contributed by atoms with E-state index >= 15 is 0 Å². The van der Waals surface area contributed by atoms with E-state index in [2.05, 4.69) is 18.0 Å². The monoisotopic (exact) mass is 285 g/mol. The lowest BCUT2D eigenvalue weighted by Crippen LogP contribution is -2.47. The molecule has 5 nitrogen and oxygen atoms in total. The van der Waals surface area contributed by atoms with Crippen molar-refractivity contribution in [2.45, 2.75) is 39.2 Å². The molecule has 1 aromatic heterocycles. The van der Waals surface area contributed by atoms with Gasteiger partial charge in [0.05, 0.1) is 13.1 Å². The molecule has 0 radical (unpaired) electrons. The number of amides is 1. The van der Waals surface area contributed by atoms with Crippen molar-refractivity contribution in [3.05, 3.63) is 23.5 Å². The van der Waals surface area contributed by atoms with Crippen LogP contribution in [0.2, 0.25) is 0 Å². The summed E-state index contributed by atoms with van der Waals surface area (Å²) in [5, 5.41) is 9.12. The van der Waals surface area contributed by atoms with Crippen LogP contribution in [0, 0.1) is 16.7 Å². The molecule has 2 heterocycles. The Morgan fingerprint density at radius 3 is 2.95 bits per heavy atom. The van der Waals surface area contributed by atoms with Crippen molar-refractivity contribution < 1.29 is 9.53 Å². The molecule has 5 heteroatoms. The zero-order valence-electron chi connectivity index (χ0n) is 12.3. The maximum absolute atomic E-state index is 12.8. The van der Waals surface area contributed by atoms with Crippen LogP contribution in [-0.2, 0) is 11.3 Å². The lowest BCUT2D eigenvalue weighted by atomic mass is 9.66. The Kier molecular flexibility index (Phi) is 3.54. The SMILES string of the molecule is CCC1(C(=O)N2CCOc3c(C#N)cncc3C2)CCC1. The van der Waals surface area contributed by atoms with Crippen LogP contribution in [0.25, 0.3) is 0 Å². The molecule has 3 rings (SSSR count). The van der Waals surface area contributed by atoms with Gasteiger partial charge in [-0.1, -0.05) is 13.3 Å². The second-order valence-electron chi connectivity index (χ2n) is 5.85. The van der Waals surface area contributed by atoms with Crippen LogP contribution in [0.5, 0.6) is 5.75 Å². The molecule has 2 aliphatic rings. The van der Waals surface area contributed by atoms with Gasteiger partial charge in [-0.25, -0.2) is 0 Å². The number of nitrogens with zero attached hydrogens (tertiary/aromatic N) is 3. The van der Waals surface area contributed by atoms with Gasteiger partial charge in [-0.05, 0) is 19.3 Å². The Labute approximate surface area is 124 Å².